The predicted octanol–water partition coefficient (Wildman–Crippen LogP) is -0.784. The van der Waals surface area contributed by atoms with Gasteiger partial charge in [0, 0.05) is 11.8 Å². The number of aromatic nitrogens is 2. The van der Waals surface area contributed by atoms with Crippen LogP contribution in [0, 0.1) is 0 Å². The molecule has 1 aromatic rings. The fourth-order valence-corrected chi connectivity index (χ4v) is 1.02. The number of hydrogen-bond donors (Lipinski definition) is 3. The average Bonchev–Trinajstić information content (AvgIpc) is 2.12. The Morgan fingerprint density at radius 2 is 2.00 bits per heavy atom. The van der Waals surface area contributed by atoms with Gasteiger partial charge in [0.2, 0.25) is 5.91 Å². The quantitative estimate of drug-likeness (QED) is 0.622. The third-order valence-electron chi connectivity index (χ3n) is 1.59. The van der Waals surface area contributed by atoms with Gasteiger partial charge in [-0.15, -0.1) is 0 Å². The standard InChI is InChI=1S/C8H8F3N3O4/c9-8(10,11)3-18-14-6(16)2-4-1-5(15)13-7(17)12-4/h1H,2-3H2,(H,14,16)(H2,12,13,15,17). The molecule has 3 N–H and O–H groups in total. The van der Waals surface area contributed by atoms with Gasteiger partial charge in [0.15, 0.2) is 6.61 Å². The van der Waals surface area contributed by atoms with Crippen LogP contribution in [0.3, 0.4) is 0 Å². The molecular weight excluding hydrogens is 259 g/mol. The highest BCUT2D eigenvalue weighted by atomic mass is 19.4. The van der Waals surface area contributed by atoms with Gasteiger partial charge in [0.25, 0.3) is 5.56 Å². The third kappa shape index (κ3) is 5.30. The van der Waals surface area contributed by atoms with Crippen LogP contribution < -0.4 is 16.7 Å². The largest absolute Gasteiger partial charge is 0.414 e. The monoisotopic (exact) mass is 267 g/mol. The molecule has 0 bridgehead atoms. The van der Waals surface area contributed by atoms with Crippen LogP contribution in [0.15, 0.2) is 15.7 Å². The molecule has 10 heteroatoms. The molecule has 0 unspecified atom stereocenters. The summed E-state index contributed by atoms with van der Waals surface area (Å²) < 4.78 is 35.0. The second kappa shape index (κ2) is 5.49. The fraction of sp³-hybridized carbons (Fsp3) is 0.375. The van der Waals surface area contributed by atoms with E-state index in [0.29, 0.717) is 0 Å². The van der Waals surface area contributed by atoms with Gasteiger partial charge < -0.3 is 4.98 Å². The number of rotatable bonds is 4. The summed E-state index contributed by atoms with van der Waals surface area (Å²) in [5.41, 5.74) is -0.0535. The minimum Gasteiger partial charge on any atom is -0.311 e. The molecule has 0 fully saturated rings. The molecule has 1 aromatic heterocycles. The zero-order valence-corrected chi connectivity index (χ0v) is 8.76. The zero-order chi connectivity index (χ0) is 13.8. The summed E-state index contributed by atoms with van der Waals surface area (Å²) in [5.74, 6) is -0.930. The van der Waals surface area contributed by atoms with E-state index < -0.39 is 36.4 Å². The number of hydrogen-bond acceptors (Lipinski definition) is 4. The number of aromatic amines is 2. The summed E-state index contributed by atoms with van der Waals surface area (Å²) in [4.78, 5) is 40.6. The molecule has 18 heavy (non-hydrogen) atoms. The van der Waals surface area contributed by atoms with Gasteiger partial charge in [0.05, 0.1) is 6.42 Å². The van der Waals surface area contributed by atoms with Crippen molar-refractivity contribution in [3.8, 4) is 0 Å². The normalized spacial score (nSPS) is 11.3. The highest BCUT2D eigenvalue weighted by molar-refractivity contribution is 5.76. The molecule has 0 atom stereocenters. The van der Waals surface area contributed by atoms with E-state index >= 15 is 0 Å². The summed E-state index contributed by atoms with van der Waals surface area (Å²) >= 11 is 0. The topological polar surface area (TPSA) is 104 Å². The number of alkyl halides is 3. The number of halogens is 3. The maximum atomic E-state index is 11.7. The molecule has 1 amide bonds. The molecule has 0 aromatic carbocycles. The lowest BCUT2D eigenvalue weighted by molar-refractivity contribution is -0.191. The minimum atomic E-state index is -4.56. The van der Waals surface area contributed by atoms with Crippen molar-refractivity contribution in [3.05, 3.63) is 32.6 Å². The first-order chi connectivity index (χ1) is 8.26. The van der Waals surface area contributed by atoms with Crippen molar-refractivity contribution in [1.29, 1.82) is 0 Å². The first-order valence-corrected chi connectivity index (χ1v) is 4.56. The molecule has 0 spiro atoms. The lowest BCUT2D eigenvalue weighted by Gasteiger charge is -2.07. The first-order valence-electron chi connectivity index (χ1n) is 4.56. The molecule has 0 saturated heterocycles. The van der Waals surface area contributed by atoms with Gasteiger partial charge in [0.1, 0.15) is 0 Å². The molecule has 0 radical (unpaired) electrons. The van der Waals surface area contributed by atoms with Gasteiger partial charge in [-0.25, -0.2) is 10.3 Å². The Morgan fingerprint density at radius 1 is 1.33 bits per heavy atom. The van der Waals surface area contributed by atoms with E-state index in [4.69, 9.17) is 0 Å². The van der Waals surface area contributed by atoms with Gasteiger partial charge in [-0.2, -0.15) is 13.2 Å². The van der Waals surface area contributed by atoms with Crippen LogP contribution in [-0.2, 0) is 16.1 Å². The number of amides is 1. The Labute approximate surface area is 96.9 Å². The van der Waals surface area contributed by atoms with Gasteiger partial charge in [-0.05, 0) is 0 Å². The Hall–Kier alpha value is -2.10. The van der Waals surface area contributed by atoms with E-state index in [9.17, 15) is 27.6 Å². The third-order valence-corrected chi connectivity index (χ3v) is 1.59. The summed E-state index contributed by atoms with van der Waals surface area (Å²) in [6.07, 6.45) is -5.05. The van der Waals surface area contributed by atoms with Crippen LogP contribution in [0.5, 0.6) is 0 Å². The van der Waals surface area contributed by atoms with Crippen molar-refractivity contribution in [2.24, 2.45) is 0 Å². The van der Waals surface area contributed by atoms with Crippen molar-refractivity contribution in [2.75, 3.05) is 6.61 Å². The van der Waals surface area contributed by atoms with Crippen LogP contribution in [0.2, 0.25) is 0 Å². The molecule has 0 aliphatic rings. The fourth-order valence-electron chi connectivity index (χ4n) is 1.02. The number of H-pyrrole nitrogens is 2. The first kappa shape index (κ1) is 14.0. The predicted molar refractivity (Wildman–Crippen MR) is 51.5 cm³/mol. The maximum absolute atomic E-state index is 11.7. The van der Waals surface area contributed by atoms with E-state index in [0.717, 1.165) is 6.07 Å². The van der Waals surface area contributed by atoms with Gasteiger partial charge in [-0.1, -0.05) is 0 Å². The van der Waals surface area contributed by atoms with Crippen molar-refractivity contribution in [2.45, 2.75) is 12.6 Å². The number of carbonyl (C=O) groups is 1. The van der Waals surface area contributed by atoms with E-state index in [-0.39, 0.29) is 5.69 Å². The number of carbonyl (C=O) groups excluding carboxylic acids is 1. The van der Waals surface area contributed by atoms with Crippen LogP contribution in [0.1, 0.15) is 5.69 Å². The molecule has 100 valence electrons. The number of nitrogens with one attached hydrogen (secondary N) is 3. The molecule has 0 aliphatic carbocycles. The van der Waals surface area contributed by atoms with Crippen molar-refractivity contribution < 1.29 is 22.8 Å². The maximum Gasteiger partial charge on any atom is 0.414 e. The van der Waals surface area contributed by atoms with Crippen molar-refractivity contribution in [3.63, 3.8) is 0 Å². The molecular formula is C8H8F3N3O4. The Balaban J connectivity index is 2.50. The molecule has 0 saturated carbocycles. The van der Waals surface area contributed by atoms with Gasteiger partial charge in [-0.3, -0.25) is 19.4 Å². The number of hydroxylamine groups is 1. The zero-order valence-electron chi connectivity index (χ0n) is 8.76. The van der Waals surface area contributed by atoms with Gasteiger partial charge >= 0.3 is 11.9 Å². The Kier molecular flexibility index (Phi) is 4.26. The van der Waals surface area contributed by atoms with E-state index in [2.05, 4.69) is 9.82 Å². The molecule has 1 rings (SSSR count). The van der Waals surface area contributed by atoms with Crippen molar-refractivity contribution >= 4 is 5.91 Å². The lowest BCUT2D eigenvalue weighted by Crippen LogP contribution is -2.32. The highest BCUT2D eigenvalue weighted by Gasteiger charge is 2.28. The summed E-state index contributed by atoms with van der Waals surface area (Å²) in [7, 11) is 0. The van der Waals surface area contributed by atoms with E-state index in [1.54, 1.807) is 0 Å². The highest BCUT2D eigenvalue weighted by Crippen LogP contribution is 2.13. The molecule has 1 heterocycles. The summed E-state index contributed by atoms with van der Waals surface area (Å²) in [6, 6.07) is 0.935. The SMILES string of the molecule is O=C(Cc1cc(=O)[nH]c(=O)[nH]1)NOCC(F)(F)F. The summed E-state index contributed by atoms with van der Waals surface area (Å²) in [5, 5.41) is 0. The molecule has 7 nitrogen and oxygen atoms in total. The van der Waals surface area contributed by atoms with Crippen LogP contribution >= 0.6 is 0 Å². The second-order valence-electron chi connectivity index (χ2n) is 3.22. The van der Waals surface area contributed by atoms with Crippen LogP contribution in [0.4, 0.5) is 13.2 Å². The second-order valence-corrected chi connectivity index (χ2v) is 3.22. The Bertz CT molecular complexity index is 505. The van der Waals surface area contributed by atoms with Crippen LogP contribution in [0.25, 0.3) is 0 Å². The summed E-state index contributed by atoms with van der Waals surface area (Å²) in [6.45, 7) is -1.63. The van der Waals surface area contributed by atoms with Crippen molar-refractivity contribution in [1.82, 2.24) is 15.4 Å². The molecule has 0 aliphatic heterocycles. The smallest absolute Gasteiger partial charge is 0.311 e. The lowest BCUT2D eigenvalue weighted by atomic mass is 10.3. The van der Waals surface area contributed by atoms with E-state index in [1.165, 1.54) is 5.48 Å². The Morgan fingerprint density at radius 3 is 2.56 bits per heavy atom. The van der Waals surface area contributed by atoms with E-state index in [1.807, 2.05) is 4.98 Å². The minimum absolute atomic E-state index is 0.0446. The average molecular weight is 267 g/mol. The van der Waals surface area contributed by atoms with Crippen LogP contribution in [-0.4, -0.2) is 28.7 Å².